The zero-order valence-electron chi connectivity index (χ0n) is 16.7. The molecule has 0 spiro atoms. The summed E-state index contributed by atoms with van der Waals surface area (Å²) in [5, 5.41) is 5.25. The van der Waals surface area contributed by atoms with Gasteiger partial charge in [-0.2, -0.15) is 0 Å². The van der Waals surface area contributed by atoms with Crippen LogP contribution in [0, 0.1) is 6.92 Å². The van der Waals surface area contributed by atoms with Crippen molar-refractivity contribution in [1.29, 1.82) is 0 Å². The SMILES string of the molecule is Cc1ccc(/C=C2/SC(=S)N(CCC(=O)Nc3nc(-c4ccccc4)cs3)C2=O)cc1. The van der Waals surface area contributed by atoms with Gasteiger partial charge in [-0.15, -0.1) is 11.3 Å². The van der Waals surface area contributed by atoms with Gasteiger partial charge in [0.25, 0.3) is 5.91 Å². The van der Waals surface area contributed by atoms with Crippen LogP contribution in [0.15, 0.2) is 64.9 Å². The number of aryl methyl sites for hydroxylation is 1. The van der Waals surface area contributed by atoms with Gasteiger partial charge in [-0.3, -0.25) is 14.5 Å². The standard InChI is InChI=1S/C23H19N3O2S3/c1-15-7-9-16(10-8-15)13-19-21(28)26(23(29)31-19)12-11-20(27)25-22-24-18(14-30-22)17-5-3-2-4-6-17/h2-10,13-14H,11-12H2,1H3,(H,24,25,27)/b19-13+. The first-order chi connectivity index (χ1) is 15.0. The van der Waals surface area contributed by atoms with E-state index in [2.05, 4.69) is 10.3 Å². The highest BCUT2D eigenvalue weighted by Crippen LogP contribution is 2.32. The van der Waals surface area contributed by atoms with Crippen LogP contribution in [-0.4, -0.2) is 32.6 Å². The zero-order chi connectivity index (χ0) is 21.8. The van der Waals surface area contributed by atoms with Crippen molar-refractivity contribution in [3.63, 3.8) is 0 Å². The average Bonchev–Trinajstić information content (AvgIpc) is 3.33. The van der Waals surface area contributed by atoms with Crippen molar-refractivity contribution in [2.75, 3.05) is 11.9 Å². The molecule has 0 saturated carbocycles. The van der Waals surface area contributed by atoms with Gasteiger partial charge in [0.05, 0.1) is 10.6 Å². The van der Waals surface area contributed by atoms with Crippen LogP contribution in [0.25, 0.3) is 17.3 Å². The molecule has 0 unspecified atom stereocenters. The van der Waals surface area contributed by atoms with Crippen LogP contribution >= 0.6 is 35.3 Å². The average molecular weight is 466 g/mol. The number of benzene rings is 2. The first kappa shape index (κ1) is 21.4. The first-order valence-electron chi connectivity index (χ1n) is 9.62. The highest BCUT2D eigenvalue weighted by atomic mass is 32.2. The second-order valence-corrected chi connectivity index (χ2v) is 9.48. The Bertz CT molecular complexity index is 1150. The third-order valence-electron chi connectivity index (χ3n) is 4.63. The van der Waals surface area contributed by atoms with Crippen molar-refractivity contribution in [3.05, 3.63) is 76.0 Å². The number of amides is 2. The second kappa shape index (κ2) is 9.55. The summed E-state index contributed by atoms with van der Waals surface area (Å²) in [5.74, 6) is -0.366. The van der Waals surface area contributed by atoms with Gasteiger partial charge in [0.2, 0.25) is 5.91 Å². The maximum Gasteiger partial charge on any atom is 0.266 e. The lowest BCUT2D eigenvalue weighted by molar-refractivity contribution is -0.122. The maximum atomic E-state index is 12.7. The van der Waals surface area contributed by atoms with Gasteiger partial charge < -0.3 is 5.32 Å². The minimum atomic E-state index is -0.203. The predicted molar refractivity (Wildman–Crippen MR) is 132 cm³/mol. The third kappa shape index (κ3) is 5.28. The van der Waals surface area contributed by atoms with E-state index in [0.29, 0.717) is 14.4 Å². The Morgan fingerprint density at radius 3 is 2.65 bits per heavy atom. The van der Waals surface area contributed by atoms with E-state index in [4.69, 9.17) is 12.2 Å². The summed E-state index contributed by atoms with van der Waals surface area (Å²) in [4.78, 5) is 31.6. The molecule has 1 fully saturated rings. The van der Waals surface area contributed by atoms with Gasteiger partial charge >= 0.3 is 0 Å². The summed E-state index contributed by atoms with van der Waals surface area (Å²) < 4.78 is 0.469. The van der Waals surface area contributed by atoms with Crippen molar-refractivity contribution in [2.45, 2.75) is 13.3 Å². The Morgan fingerprint density at radius 1 is 1.16 bits per heavy atom. The van der Waals surface area contributed by atoms with Crippen molar-refractivity contribution in [2.24, 2.45) is 0 Å². The molecule has 156 valence electrons. The molecule has 2 heterocycles. The molecule has 0 aliphatic carbocycles. The molecule has 1 N–H and O–H groups in total. The maximum absolute atomic E-state index is 12.7. The molecule has 8 heteroatoms. The normalized spacial score (nSPS) is 15.0. The minimum absolute atomic E-state index is 0.143. The third-order valence-corrected chi connectivity index (χ3v) is 6.77. The van der Waals surface area contributed by atoms with Crippen LogP contribution in [0.5, 0.6) is 0 Å². The number of rotatable bonds is 6. The smallest absolute Gasteiger partial charge is 0.266 e. The summed E-state index contributed by atoms with van der Waals surface area (Å²) in [5.41, 5.74) is 3.92. The van der Waals surface area contributed by atoms with E-state index in [1.807, 2.05) is 73.0 Å². The Morgan fingerprint density at radius 2 is 1.90 bits per heavy atom. The number of anilines is 1. The number of aromatic nitrogens is 1. The summed E-state index contributed by atoms with van der Waals surface area (Å²) >= 11 is 7.99. The van der Waals surface area contributed by atoms with Gasteiger partial charge in [-0.1, -0.05) is 84.1 Å². The monoisotopic (exact) mass is 465 g/mol. The molecule has 0 radical (unpaired) electrons. The molecule has 1 aliphatic rings. The molecule has 4 rings (SSSR count). The lowest BCUT2D eigenvalue weighted by atomic mass is 10.1. The number of thiazole rings is 1. The Balaban J connectivity index is 1.34. The highest BCUT2D eigenvalue weighted by Gasteiger charge is 2.32. The molecule has 0 bridgehead atoms. The molecule has 3 aromatic rings. The molecule has 0 atom stereocenters. The number of carbonyl (C=O) groups is 2. The number of thioether (sulfide) groups is 1. The molecule has 2 aromatic carbocycles. The van der Waals surface area contributed by atoms with Crippen molar-refractivity contribution < 1.29 is 9.59 Å². The van der Waals surface area contributed by atoms with E-state index < -0.39 is 0 Å². The van der Waals surface area contributed by atoms with Gasteiger partial charge in [0.15, 0.2) is 5.13 Å². The van der Waals surface area contributed by atoms with E-state index in [1.165, 1.54) is 28.0 Å². The van der Waals surface area contributed by atoms with Crippen LogP contribution in [0.2, 0.25) is 0 Å². The quantitative estimate of drug-likeness (QED) is 0.393. The van der Waals surface area contributed by atoms with Crippen molar-refractivity contribution >= 4 is 62.7 Å². The first-order valence-corrected chi connectivity index (χ1v) is 11.7. The van der Waals surface area contributed by atoms with E-state index in [-0.39, 0.29) is 24.8 Å². The lowest BCUT2D eigenvalue weighted by Crippen LogP contribution is -2.31. The van der Waals surface area contributed by atoms with Gasteiger partial charge in [0.1, 0.15) is 4.32 Å². The molecular weight excluding hydrogens is 446 g/mol. The van der Waals surface area contributed by atoms with Crippen LogP contribution < -0.4 is 5.32 Å². The van der Waals surface area contributed by atoms with E-state index in [9.17, 15) is 9.59 Å². The molecular formula is C23H19N3O2S3. The Labute approximate surface area is 194 Å². The molecule has 1 aliphatic heterocycles. The molecule has 1 aromatic heterocycles. The Hall–Kier alpha value is -2.81. The largest absolute Gasteiger partial charge is 0.302 e. The number of thiocarbonyl (C=S) groups is 1. The molecule has 5 nitrogen and oxygen atoms in total. The fourth-order valence-electron chi connectivity index (χ4n) is 2.97. The topological polar surface area (TPSA) is 62.3 Å². The van der Waals surface area contributed by atoms with Gasteiger partial charge in [-0.25, -0.2) is 4.98 Å². The number of carbonyl (C=O) groups excluding carboxylic acids is 2. The fourth-order valence-corrected chi connectivity index (χ4v) is 5.02. The summed E-state index contributed by atoms with van der Waals surface area (Å²) in [6.07, 6.45) is 1.98. The minimum Gasteiger partial charge on any atom is -0.302 e. The zero-order valence-corrected chi connectivity index (χ0v) is 19.2. The predicted octanol–water partition coefficient (Wildman–Crippen LogP) is 5.35. The van der Waals surface area contributed by atoms with Gasteiger partial charge in [0, 0.05) is 23.9 Å². The van der Waals surface area contributed by atoms with Crippen molar-refractivity contribution in [1.82, 2.24) is 9.88 Å². The fraction of sp³-hybridized carbons (Fsp3) is 0.130. The van der Waals surface area contributed by atoms with Crippen LogP contribution in [0.4, 0.5) is 5.13 Å². The molecule has 1 saturated heterocycles. The lowest BCUT2D eigenvalue weighted by Gasteiger charge is -2.13. The van der Waals surface area contributed by atoms with Gasteiger partial charge in [-0.05, 0) is 18.6 Å². The van der Waals surface area contributed by atoms with E-state index >= 15 is 0 Å². The summed E-state index contributed by atoms with van der Waals surface area (Å²) in [7, 11) is 0. The number of hydrogen-bond acceptors (Lipinski definition) is 6. The van der Waals surface area contributed by atoms with Crippen LogP contribution in [0.3, 0.4) is 0 Å². The highest BCUT2D eigenvalue weighted by molar-refractivity contribution is 8.26. The van der Waals surface area contributed by atoms with Crippen LogP contribution in [0.1, 0.15) is 17.5 Å². The second-order valence-electron chi connectivity index (χ2n) is 6.95. The summed E-state index contributed by atoms with van der Waals surface area (Å²) in [6, 6.07) is 17.7. The van der Waals surface area contributed by atoms with Crippen LogP contribution in [-0.2, 0) is 9.59 Å². The Kier molecular flexibility index (Phi) is 6.60. The molecule has 31 heavy (non-hydrogen) atoms. The number of hydrogen-bond donors (Lipinski definition) is 1. The van der Waals surface area contributed by atoms with Crippen molar-refractivity contribution in [3.8, 4) is 11.3 Å². The summed E-state index contributed by atoms with van der Waals surface area (Å²) in [6.45, 7) is 2.25. The van der Waals surface area contributed by atoms with E-state index in [1.54, 1.807) is 0 Å². The number of nitrogens with zero attached hydrogens (tertiary/aromatic N) is 2. The number of nitrogens with one attached hydrogen (secondary N) is 1. The molecule has 2 amide bonds. The van der Waals surface area contributed by atoms with E-state index in [0.717, 1.165) is 22.4 Å².